The van der Waals surface area contributed by atoms with Crippen molar-refractivity contribution in [1.82, 2.24) is 9.97 Å². The molecule has 1 aliphatic rings. The number of aromatic nitrogens is 2. The molecule has 1 aromatic rings. The Hall–Kier alpha value is -1.36. The monoisotopic (exact) mass is 222 g/mol. The molecule has 0 aliphatic heterocycles. The first kappa shape index (κ1) is 11.1. The summed E-state index contributed by atoms with van der Waals surface area (Å²) in [7, 11) is 1.88. The summed E-state index contributed by atoms with van der Waals surface area (Å²) in [6.07, 6.45) is 5.55. The van der Waals surface area contributed by atoms with Crippen molar-refractivity contribution in [3.05, 3.63) is 12.3 Å². The van der Waals surface area contributed by atoms with Gasteiger partial charge in [-0.2, -0.15) is 4.98 Å². The Morgan fingerprint density at radius 1 is 1.50 bits per heavy atom. The van der Waals surface area contributed by atoms with Crippen molar-refractivity contribution in [3.8, 4) is 0 Å². The van der Waals surface area contributed by atoms with E-state index in [0.29, 0.717) is 18.3 Å². The van der Waals surface area contributed by atoms with Crippen molar-refractivity contribution in [2.45, 2.75) is 31.3 Å². The highest BCUT2D eigenvalue weighted by atomic mass is 16.3. The summed E-state index contributed by atoms with van der Waals surface area (Å²) in [6, 6.07) is 1.65. The summed E-state index contributed by atoms with van der Waals surface area (Å²) in [5, 5.41) is 10.3. The van der Waals surface area contributed by atoms with Gasteiger partial charge in [-0.05, 0) is 18.9 Å². The van der Waals surface area contributed by atoms with E-state index in [1.54, 1.807) is 12.3 Å². The van der Waals surface area contributed by atoms with E-state index in [1.165, 1.54) is 0 Å². The fourth-order valence-corrected chi connectivity index (χ4v) is 2.25. The largest absolute Gasteiger partial charge is 0.388 e. The predicted octanol–water partition coefficient (Wildman–Crippen LogP) is 0.800. The van der Waals surface area contributed by atoms with Gasteiger partial charge in [0, 0.05) is 19.8 Å². The van der Waals surface area contributed by atoms with Gasteiger partial charge in [0.15, 0.2) is 0 Å². The van der Waals surface area contributed by atoms with Gasteiger partial charge in [0.2, 0.25) is 5.95 Å². The molecule has 0 bridgehead atoms. The van der Waals surface area contributed by atoms with Gasteiger partial charge < -0.3 is 15.7 Å². The summed E-state index contributed by atoms with van der Waals surface area (Å²) < 4.78 is 0. The minimum absolute atomic E-state index is 0.454. The maximum Gasteiger partial charge on any atom is 0.227 e. The van der Waals surface area contributed by atoms with Crippen LogP contribution in [0.1, 0.15) is 25.7 Å². The Kier molecular flexibility index (Phi) is 2.96. The van der Waals surface area contributed by atoms with E-state index >= 15 is 0 Å². The highest BCUT2D eigenvalue weighted by molar-refractivity contribution is 5.37. The number of anilines is 2. The lowest BCUT2D eigenvalue weighted by atomic mass is 10.0. The first-order chi connectivity index (χ1) is 7.59. The Bertz CT molecular complexity index is 363. The average molecular weight is 222 g/mol. The van der Waals surface area contributed by atoms with Crippen LogP contribution in [0, 0.1) is 0 Å². The van der Waals surface area contributed by atoms with Crippen LogP contribution in [-0.2, 0) is 0 Å². The number of nitrogens with zero attached hydrogens (tertiary/aromatic N) is 3. The highest BCUT2D eigenvalue weighted by Crippen LogP contribution is 2.30. The zero-order chi connectivity index (χ0) is 11.6. The molecular weight excluding hydrogens is 204 g/mol. The molecule has 5 nitrogen and oxygen atoms in total. The molecule has 0 spiro atoms. The van der Waals surface area contributed by atoms with Crippen LogP contribution in [0.2, 0.25) is 0 Å². The minimum Gasteiger partial charge on any atom is -0.388 e. The molecule has 1 aliphatic carbocycles. The fourth-order valence-electron chi connectivity index (χ4n) is 2.25. The first-order valence-electron chi connectivity index (χ1n) is 5.61. The van der Waals surface area contributed by atoms with E-state index in [4.69, 9.17) is 5.73 Å². The van der Waals surface area contributed by atoms with E-state index in [-0.39, 0.29) is 0 Å². The van der Waals surface area contributed by atoms with Crippen LogP contribution in [0.5, 0.6) is 0 Å². The quantitative estimate of drug-likeness (QED) is 0.791. The molecular formula is C11H18N4O. The lowest BCUT2D eigenvalue weighted by Gasteiger charge is -2.28. The third-order valence-corrected chi connectivity index (χ3v) is 3.07. The fraction of sp³-hybridized carbons (Fsp3) is 0.636. The van der Waals surface area contributed by atoms with Crippen LogP contribution in [-0.4, -0.2) is 34.3 Å². The second-order valence-electron chi connectivity index (χ2n) is 4.57. The van der Waals surface area contributed by atoms with Crippen molar-refractivity contribution in [2.24, 2.45) is 0 Å². The summed E-state index contributed by atoms with van der Waals surface area (Å²) in [5.41, 5.74) is 5.02. The van der Waals surface area contributed by atoms with Gasteiger partial charge in [0.05, 0.1) is 5.60 Å². The van der Waals surface area contributed by atoms with Crippen molar-refractivity contribution in [2.75, 3.05) is 24.2 Å². The zero-order valence-corrected chi connectivity index (χ0v) is 9.56. The van der Waals surface area contributed by atoms with Crippen molar-refractivity contribution < 1.29 is 5.11 Å². The second-order valence-corrected chi connectivity index (χ2v) is 4.57. The summed E-state index contributed by atoms with van der Waals surface area (Å²) in [6.45, 7) is 0.566. The molecule has 0 saturated heterocycles. The lowest BCUT2D eigenvalue weighted by Crippen LogP contribution is -2.39. The Morgan fingerprint density at radius 3 is 2.81 bits per heavy atom. The van der Waals surface area contributed by atoms with Crippen LogP contribution < -0.4 is 10.6 Å². The number of aliphatic hydroxyl groups is 1. The topological polar surface area (TPSA) is 75.3 Å². The van der Waals surface area contributed by atoms with Gasteiger partial charge in [-0.1, -0.05) is 12.8 Å². The smallest absolute Gasteiger partial charge is 0.227 e. The van der Waals surface area contributed by atoms with Gasteiger partial charge in [-0.25, -0.2) is 4.98 Å². The van der Waals surface area contributed by atoms with Gasteiger partial charge in [-0.15, -0.1) is 0 Å². The molecule has 0 aromatic carbocycles. The predicted molar refractivity (Wildman–Crippen MR) is 63.1 cm³/mol. The minimum atomic E-state index is -0.581. The van der Waals surface area contributed by atoms with Crippen molar-refractivity contribution in [1.29, 1.82) is 0 Å². The van der Waals surface area contributed by atoms with Crippen LogP contribution in [0.25, 0.3) is 0 Å². The molecule has 1 heterocycles. The molecule has 1 saturated carbocycles. The highest BCUT2D eigenvalue weighted by Gasteiger charge is 2.32. The number of rotatable bonds is 3. The number of hydrogen-bond acceptors (Lipinski definition) is 5. The van der Waals surface area contributed by atoms with Gasteiger partial charge in [0.25, 0.3) is 0 Å². The lowest BCUT2D eigenvalue weighted by molar-refractivity contribution is 0.0556. The van der Waals surface area contributed by atoms with Crippen molar-refractivity contribution >= 4 is 11.8 Å². The van der Waals surface area contributed by atoms with Crippen LogP contribution in [0.4, 0.5) is 11.8 Å². The molecule has 88 valence electrons. The zero-order valence-electron chi connectivity index (χ0n) is 9.56. The first-order valence-corrected chi connectivity index (χ1v) is 5.61. The third-order valence-electron chi connectivity index (χ3n) is 3.07. The molecule has 16 heavy (non-hydrogen) atoms. The maximum atomic E-state index is 10.3. The molecule has 2 rings (SSSR count). The number of hydrogen-bond donors (Lipinski definition) is 2. The number of likely N-dealkylation sites (N-methyl/N-ethyl adjacent to an activating group) is 1. The molecule has 1 aromatic heterocycles. The molecule has 3 N–H and O–H groups in total. The van der Waals surface area contributed by atoms with E-state index in [2.05, 4.69) is 9.97 Å². The number of nitrogen functional groups attached to an aromatic ring is 1. The van der Waals surface area contributed by atoms with Gasteiger partial charge >= 0.3 is 0 Å². The van der Waals surface area contributed by atoms with Gasteiger partial charge in [-0.3, -0.25) is 0 Å². The van der Waals surface area contributed by atoms with Crippen LogP contribution in [0.3, 0.4) is 0 Å². The van der Waals surface area contributed by atoms with E-state index in [9.17, 15) is 5.11 Å². The number of nitrogens with two attached hydrogens (primary N) is 1. The SMILES string of the molecule is CN(CC1(O)CCCC1)c1nccc(N)n1. The normalized spacial score (nSPS) is 18.6. The molecule has 1 fully saturated rings. The van der Waals surface area contributed by atoms with Crippen LogP contribution in [0.15, 0.2) is 12.3 Å². The van der Waals surface area contributed by atoms with E-state index in [0.717, 1.165) is 25.7 Å². The molecule has 0 unspecified atom stereocenters. The average Bonchev–Trinajstić information content (AvgIpc) is 2.65. The van der Waals surface area contributed by atoms with E-state index < -0.39 is 5.60 Å². The summed E-state index contributed by atoms with van der Waals surface area (Å²) >= 11 is 0. The second kappa shape index (κ2) is 4.25. The summed E-state index contributed by atoms with van der Waals surface area (Å²) in [4.78, 5) is 10.1. The Balaban J connectivity index is 2.05. The maximum absolute atomic E-state index is 10.3. The Labute approximate surface area is 95.3 Å². The molecule has 0 radical (unpaired) electrons. The van der Waals surface area contributed by atoms with Crippen molar-refractivity contribution in [3.63, 3.8) is 0 Å². The van der Waals surface area contributed by atoms with Crippen LogP contribution >= 0.6 is 0 Å². The Morgan fingerprint density at radius 2 is 2.19 bits per heavy atom. The summed E-state index contributed by atoms with van der Waals surface area (Å²) in [5.74, 6) is 1.02. The van der Waals surface area contributed by atoms with E-state index in [1.807, 2.05) is 11.9 Å². The molecule has 5 heteroatoms. The molecule has 0 atom stereocenters. The van der Waals surface area contributed by atoms with Gasteiger partial charge in [0.1, 0.15) is 5.82 Å². The third kappa shape index (κ3) is 2.41. The standard InChI is InChI=1S/C11H18N4O/c1-15(8-11(16)5-2-3-6-11)10-13-7-4-9(12)14-10/h4,7,16H,2-3,5-6,8H2,1H3,(H2,12,13,14). The molecule has 0 amide bonds.